The van der Waals surface area contributed by atoms with Crippen LogP contribution >= 0.6 is 0 Å². The van der Waals surface area contributed by atoms with Crippen molar-refractivity contribution >= 4 is 11.9 Å². The summed E-state index contributed by atoms with van der Waals surface area (Å²) in [5.41, 5.74) is 0. The van der Waals surface area contributed by atoms with E-state index < -0.39 is 17.9 Å². The molecule has 0 heterocycles. The smallest absolute Gasteiger partial charge is 0.325 e. The van der Waals surface area contributed by atoms with Crippen LogP contribution in [0.25, 0.3) is 0 Å². The Labute approximate surface area is 133 Å². The molecule has 1 amide bonds. The van der Waals surface area contributed by atoms with Gasteiger partial charge in [-0.2, -0.15) is 0 Å². The SMILES string of the molecule is CC(NC(=O)COc1cccc(Oc2ccccc2)c1)C(=O)O. The molecule has 2 rings (SSSR count). The molecule has 0 saturated heterocycles. The van der Waals surface area contributed by atoms with E-state index in [1.165, 1.54) is 6.92 Å². The minimum atomic E-state index is -1.10. The van der Waals surface area contributed by atoms with E-state index in [1.54, 1.807) is 24.3 Å². The first-order valence-electron chi connectivity index (χ1n) is 7.02. The number of rotatable bonds is 7. The Balaban J connectivity index is 1.90. The molecule has 23 heavy (non-hydrogen) atoms. The van der Waals surface area contributed by atoms with E-state index in [4.69, 9.17) is 14.6 Å². The van der Waals surface area contributed by atoms with Crippen LogP contribution in [0.5, 0.6) is 17.2 Å². The molecule has 2 aromatic carbocycles. The summed E-state index contributed by atoms with van der Waals surface area (Å²) in [6.07, 6.45) is 0. The van der Waals surface area contributed by atoms with E-state index in [2.05, 4.69) is 5.32 Å². The fourth-order valence-corrected chi connectivity index (χ4v) is 1.75. The zero-order valence-electron chi connectivity index (χ0n) is 12.6. The van der Waals surface area contributed by atoms with Crippen molar-refractivity contribution in [3.63, 3.8) is 0 Å². The first kappa shape index (κ1) is 16.4. The number of aliphatic carboxylic acids is 1. The van der Waals surface area contributed by atoms with E-state index >= 15 is 0 Å². The van der Waals surface area contributed by atoms with E-state index in [0.717, 1.165) is 0 Å². The normalized spacial score (nSPS) is 11.3. The van der Waals surface area contributed by atoms with Crippen LogP contribution in [-0.4, -0.2) is 29.6 Å². The molecule has 0 aliphatic heterocycles. The number of nitrogens with one attached hydrogen (secondary N) is 1. The summed E-state index contributed by atoms with van der Waals surface area (Å²) in [5, 5.41) is 11.0. The monoisotopic (exact) mass is 315 g/mol. The lowest BCUT2D eigenvalue weighted by atomic mass is 10.3. The minimum absolute atomic E-state index is 0.271. The van der Waals surface area contributed by atoms with Gasteiger partial charge in [-0.15, -0.1) is 0 Å². The second kappa shape index (κ2) is 7.84. The van der Waals surface area contributed by atoms with Gasteiger partial charge in [-0.25, -0.2) is 0 Å². The van der Waals surface area contributed by atoms with Gasteiger partial charge in [0.2, 0.25) is 0 Å². The highest BCUT2D eigenvalue weighted by molar-refractivity contribution is 5.84. The van der Waals surface area contributed by atoms with Gasteiger partial charge in [0.1, 0.15) is 23.3 Å². The Morgan fingerprint density at radius 2 is 1.70 bits per heavy atom. The third kappa shape index (κ3) is 5.35. The molecule has 0 aliphatic carbocycles. The summed E-state index contributed by atoms with van der Waals surface area (Å²) in [5.74, 6) is 0.119. The molecule has 0 radical (unpaired) electrons. The van der Waals surface area contributed by atoms with Crippen LogP contribution in [0, 0.1) is 0 Å². The molecule has 6 heteroatoms. The van der Waals surface area contributed by atoms with Crippen LogP contribution in [0.2, 0.25) is 0 Å². The first-order valence-corrected chi connectivity index (χ1v) is 7.02. The minimum Gasteiger partial charge on any atom is -0.484 e. The number of hydrogen-bond acceptors (Lipinski definition) is 4. The third-order valence-corrected chi connectivity index (χ3v) is 2.90. The summed E-state index contributed by atoms with van der Waals surface area (Å²) in [7, 11) is 0. The Kier molecular flexibility index (Phi) is 5.57. The van der Waals surface area contributed by atoms with Crippen molar-refractivity contribution < 1.29 is 24.2 Å². The fraction of sp³-hybridized carbons (Fsp3) is 0.176. The molecule has 1 unspecified atom stereocenters. The second-order valence-corrected chi connectivity index (χ2v) is 4.81. The molecular weight excluding hydrogens is 298 g/mol. The van der Waals surface area contributed by atoms with Gasteiger partial charge in [-0.3, -0.25) is 9.59 Å². The number of hydrogen-bond donors (Lipinski definition) is 2. The van der Waals surface area contributed by atoms with Crippen LogP contribution in [0.3, 0.4) is 0 Å². The molecule has 2 aromatic rings. The predicted octanol–water partition coefficient (Wildman–Crippen LogP) is 2.45. The number of carbonyl (C=O) groups is 2. The number of carboxylic acid groups (broad SMARTS) is 1. The largest absolute Gasteiger partial charge is 0.484 e. The molecule has 6 nitrogen and oxygen atoms in total. The average molecular weight is 315 g/mol. The highest BCUT2D eigenvalue weighted by Crippen LogP contribution is 2.24. The maximum absolute atomic E-state index is 11.6. The van der Waals surface area contributed by atoms with Crippen LogP contribution < -0.4 is 14.8 Å². The van der Waals surface area contributed by atoms with Crippen LogP contribution in [0.1, 0.15) is 6.92 Å². The topological polar surface area (TPSA) is 84.9 Å². The van der Waals surface area contributed by atoms with E-state index in [1.807, 2.05) is 30.3 Å². The first-order chi connectivity index (χ1) is 11.0. The van der Waals surface area contributed by atoms with Crippen LogP contribution in [0.4, 0.5) is 0 Å². The van der Waals surface area contributed by atoms with Gasteiger partial charge in [-0.1, -0.05) is 24.3 Å². The molecule has 0 aromatic heterocycles. The number of benzene rings is 2. The van der Waals surface area contributed by atoms with Gasteiger partial charge in [-0.05, 0) is 31.2 Å². The van der Waals surface area contributed by atoms with Gasteiger partial charge in [0.05, 0.1) is 0 Å². The summed E-state index contributed by atoms with van der Waals surface area (Å²) in [4.78, 5) is 22.2. The van der Waals surface area contributed by atoms with Crippen molar-refractivity contribution in [1.82, 2.24) is 5.32 Å². The summed E-state index contributed by atoms with van der Waals surface area (Å²) in [6, 6.07) is 15.2. The number of carboxylic acids is 1. The van der Waals surface area contributed by atoms with Crippen molar-refractivity contribution in [2.75, 3.05) is 6.61 Å². The number of amides is 1. The average Bonchev–Trinajstić information content (AvgIpc) is 2.54. The van der Waals surface area contributed by atoms with Crippen molar-refractivity contribution in [3.05, 3.63) is 54.6 Å². The van der Waals surface area contributed by atoms with Gasteiger partial charge in [0, 0.05) is 6.07 Å². The lowest BCUT2D eigenvalue weighted by Gasteiger charge is -2.11. The second-order valence-electron chi connectivity index (χ2n) is 4.81. The van der Waals surface area contributed by atoms with E-state index in [9.17, 15) is 9.59 Å². The van der Waals surface area contributed by atoms with Crippen molar-refractivity contribution in [2.24, 2.45) is 0 Å². The van der Waals surface area contributed by atoms with Crippen molar-refractivity contribution in [2.45, 2.75) is 13.0 Å². The molecule has 0 aliphatic rings. The quantitative estimate of drug-likeness (QED) is 0.820. The molecule has 0 bridgehead atoms. The van der Waals surface area contributed by atoms with Crippen molar-refractivity contribution in [1.29, 1.82) is 0 Å². The maximum atomic E-state index is 11.6. The van der Waals surface area contributed by atoms with Crippen LogP contribution in [0.15, 0.2) is 54.6 Å². The molecule has 1 atom stereocenters. The summed E-state index contributed by atoms with van der Waals surface area (Å²) >= 11 is 0. The lowest BCUT2D eigenvalue weighted by molar-refractivity contribution is -0.141. The summed E-state index contributed by atoms with van der Waals surface area (Å²) < 4.78 is 11.0. The Morgan fingerprint density at radius 1 is 1.04 bits per heavy atom. The van der Waals surface area contributed by atoms with Gasteiger partial charge in [0.15, 0.2) is 6.61 Å². The molecular formula is C17H17NO5. The lowest BCUT2D eigenvalue weighted by Crippen LogP contribution is -2.40. The predicted molar refractivity (Wildman–Crippen MR) is 83.7 cm³/mol. The maximum Gasteiger partial charge on any atom is 0.325 e. The molecule has 0 fully saturated rings. The fourth-order valence-electron chi connectivity index (χ4n) is 1.75. The number of ether oxygens (including phenoxy) is 2. The van der Waals surface area contributed by atoms with Gasteiger partial charge >= 0.3 is 5.97 Å². The molecule has 0 spiro atoms. The highest BCUT2D eigenvalue weighted by atomic mass is 16.5. The molecule has 120 valence electrons. The number of carbonyl (C=O) groups excluding carboxylic acids is 1. The zero-order valence-corrected chi connectivity index (χ0v) is 12.6. The van der Waals surface area contributed by atoms with Gasteiger partial charge in [0.25, 0.3) is 5.91 Å². The molecule has 0 saturated carbocycles. The Bertz CT molecular complexity index is 672. The standard InChI is InChI=1S/C17H17NO5/c1-12(17(20)21)18-16(19)11-22-14-8-5-9-15(10-14)23-13-6-3-2-4-7-13/h2-10,12H,11H2,1H3,(H,18,19)(H,20,21). The Morgan fingerprint density at radius 3 is 2.39 bits per heavy atom. The van der Waals surface area contributed by atoms with E-state index in [-0.39, 0.29) is 6.61 Å². The van der Waals surface area contributed by atoms with E-state index in [0.29, 0.717) is 17.2 Å². The highest BCUT2D eigenvalue weighted by Gasteiger charge is 2.14. The molecule has 2 N–H and O–H groups in total. The summed E-state index contributed by atoms with van der Waals surface area (Å²) in [6.45, 7) is 1.11. The van der Waals surface area contributed by atoms with Crippen molar-refractivity contribution in [3.8, 4) is 17.2 Å². The Hall–Kier alpha value is -3.02. The third-order valence-electron chi connectivity index (χ3n) is 2.90. The number of para-hydroxylation sites is 1. The zero-order chi connectivity index (χ0) is 16.7. The van der Waals surface area contributed by atoms with Crippen LogP contribution in [-0.2, 0) is 9.59 Å². The van der Waals surface area contributed by atoms with Gasteiger partial charge < -0.3 is 19.9 Å².